The van der Waals surface area contributed by atoms with Crippen LogP contribution in [0.15, 0.2) is 24.3 Å². The molecule has 0 bridgehead atoms. The molecule has 1 aromatic rings. The summed E-state index contributed by atoms with van der Waals surface area (Å²) in [5, 5.41) is 10.6. The predicted molar refractivity (Wildman–Crippen MR) is 76.7 cm³/mol. The molecule has 2 atom stereocenters. The molecule has 1 aliphatic rings. The normalized spacial score (nSPS) is 20.8. The Morgan fingerprint density at radius 2 is 1.65 bits per heavy atom. The first kappa shape index (κ1) is 14.5. The summed E-state index contributed by atoms with van der Waals surface area (Å²) in [5.41, 5.74) is 0.554. The van der Waals surface area contributed by atoms with Crippen molar-refractivity contribution in [2.75, 3.05) is 0 Å². The smallest absolute Gasteiger partial charge is 0.269 e. The lowest BCUT2D eigenvalue weighted by Gasteiger charge is -2.04. The molecule has 1 fully saturated rings. The van der Waals surface area contributed by atoms with E-state index in [1.165, 1.54) is 12.1 Å². The van der Waals surface area contributed by atoms with Crippen LogP contribution in [0.4, 0.5) is 5.69 Å². The van der Waals surface area contributed by atoms with Crippen LogP contribution in [0.25, 0.3) is 0 Å². The minimum absolute atomic E-state index is 0.00296. The molecule has 20 heavy (non-hydrogen) atoms. The minimum Gasteiger partial charge on any atom is -0.329 e. The molecule has 0 saturated carbocycles. The standard InChI is InChI=1S/C15H20N2O3/c1-3-5-13-14(6-4-2)16(13)15(18)11-7-9-12(10-8-11)17(19)20/h7-10,13-14H,3-6H2,1-2H3/t13-,14+,16?. The second kappa shape index (κ2) is 6.03. The summed E-state index contributed by atoms with van der Waals surface area (Å²) in [7, 11) is 0. The fourth-order valence-electron chi connectivity index (χ4n) is 2.77. The lowest BCUT2D eigenvalue weighted by Crippen LogP contribution is -2.15. The Labute approximate surface area is 118 Å². The number of benzene rings is 1. The zero-order valence-corrected chi connectivity index (χ0v) is 11.9. The van der Waals surface area contributed by atoms with E-state index >= 15 is 0 Å². The van der Waals surface area contributed by atoms with Gasteiger partial charge in [-0.1, -0.05) is 26.7 Å². The Hall–Kier alpha value is -1.91. The molecule has 2 rings (SSSR count). The number of hydrogen-bond donors (Lipinski definition) is 0. The molecule has 1 aromatic carbocycles. The maximum atomic E-state index is 12.4. The maximum absolute atomic E-state index is 12.4. The highest BCUT2D eigenvalue weighted by atomic mass is 16.6. The van der Waals surface area contributed by atoms with Gasteiger partial charge in [-0.05, 0) is 25.0 Å². The van der Waals surface area contributed by atoms with Gasteiger partial charge in [0, 0.05) is 17.7 Å². The van der Waals surface area contributed by atoms with Crippen LogP contribution in [-0.4, -0.2) is 27.8 Å². The molecule has 1 heterocycles. The number of non-ortho nitro benzene ring substituents is 1. The first-order valence-corrected chi connectivity index (χ1v) is 7.17. The van der Waals surface area contributed by atoms with Crippen molar-refractivity contribution in [1.82, 2.24) is 4.90 Å². The molecular formula is C15H20N2O3. The van der Waals surface area contributed by atoms with Crippen LogP contribution in [0.3, 0.4) is 0 Å². The monoisotopic (exact) mass is 276 g/mol. The maximum Gasteiger partial charge on any atom is 0.269 e. The molecule has 0 aliphatic carbocycles. The van der Waals surface area contributed by atoms with E-state index in [0.717, 1.165) is 25.7 Å². The van der Waals surface area contributed by atoms with Gasteiger partial charge >= 0.3 is 0 Å². The van der Waals surface area contributed by atoms with Gasteiger partial charge in [-0.25, -0.2) is 0 Å². The molecule has 0 aromatic heterocycles. The van der Waals surface area contributed by atoms with Crippen molar-refractivity contribution in [1.29, 1.82) is 0 Å². The van der Waals surface area contributed by atoms with Gasteiger partial charge in [0.2, 0.25) is 0 Å². The average Bonchev–Trinajstić information content (AvgIpc) is 3.11. The van der Waals surface area contributed by atoms with Crippen molar-refractivity contribution in [3.8, 4) is 0 Å². The topological polar surface area (TPSA) is 63.2 Å². The first-order valence-electron chi connectivity index (χ1n) is 7.17. The summed E-state index contributed by atoms with van der Waals surface area (Å²) in [4.78, 5) is 24.5. The number of carbonyl (C=O) groups is 1. The van der Waals surface area contributed by atoms with E-state index in [1.807, 2.05) is 4.90 Å². The molecule has 1 aliphatic heterocycles. The third-order valence-corrected chi connectivity index (χ3v) is 3.80. The van der Waals surface area contributed by atoms with Gasteiger partial charge in [0.1, 0.15) is 0 Å². The molecule has 5 heteroatoms. The minimum atomic E-state index is -0.453. The van der Waals surface area contributed by atoms with E-state index < -0.39 is 4.92 Å². The zero-order valence-electron chi connectivity index (χ0n) is 11.9. The van der Waals surface area contributed by atoms with Crippen LogP contribution >= 0.6 is 0 Å². The summed E-state index contributed by atoms with van der Waals surface area (Å²) in [6.07, 6.45) is 4.19. The van der Waals surface area contributed by atoms with E-state index in [4.69, 9.17) is 0 Å². The summed E-state index contributed by atoms with van der Waals surface area (Å²) < 4.78 is 0. The Morgan fingerprint density at radius 1 is 1.15 bits per heavy atom. The van der Waals surface area contributed by atoms with Crippen LogP contribution in [0.1, 0.15) is 49.9 Å². The van der Waals surface area contributed by atoms with E-state index in [-0.39, 0.29) is 11.6 Å². The second-order valence-electron chi connectivity index (χ2n) is 5.23. The molecule has 1 saturated heterocycles. The van der Waals surface area contributed by atoms with Crippen molar-refractivity contribution < 1.29 is 9.72 Å². The molecule has 0 unspecified atom stereocenters. The number of rotatable bonds is 6. The molecule has 108 valence electrons. The quantitative estimate of drug-likeness (QED) is 0.454. The Bertz CT molecular complexity index is 486. The summed E-state index contributed by atoms with van der Waals surface area (Å²) >= 11 is 0. The van der Waals surface area contributed by atoms with E-state index in [0.29, 0.717) is 17.6 Å². The van der Waals surface area contributed by atoms with Gasteiger partial charge in [-0.15, -0.1) is 0 Å². The van der Waals surface area contributed by atoms with Gasteiger partial charge in [0.05, 0.1) is 17.0 Å². The average molecular weight is 276 g/mol. The highest BCUT2D eigenvalue weighted by molar-refractivity contribution is 5.96. The number of nitrogens with zero attached hydrogens (tertiary/aromatic N) is 2. The lowest BCUT2D eigenvalue weighted by atomic mass is 10.1. The van der Waals surface area contributed by atoms with Crippen molar-refractivity contribution in [2.45, 2.75) is 51.6 Å². The highest BCUT2D eigenvalue weighted by Gasteiger charge is 2.48. The second-order valence-corrected chi connectivity index (χ2v) is 5.23. The molecule has 0 N–H and O–H groups in total. The third-order valence-electron chi connectivity index (χ3n) is 3.80. The van der Waals surface area contributed by atoms with E-state index in [2.05, 4.69) is 13.8 Å². The van der Waals surface area contributed by atoms with Crippen LogP contribution in [0, 0.1) is 10.1 Å². The fraction of sp³-hybridized carbons (Fsp3) is 0.533. The predicted octanol–water partition coefficient (Wildman–Crippen LogP) is 3.39. The summed E-state index contributed by atoms with van der Waals surface area (Å²) in [6.45, 7) is 4.24. The number of amides is 1. The largest absolute Gasteiger partial charge is 0.329 e. The molecule has 5 nitrogen and oxygen atoms in total. The van der Waals surface area contributed by atoms with Gasteiger partial charge < -0.3 is 4.90 Å². The third kappa shape index (κ3) is 2.81. The molecule has 0 radical (unpaired) electrons. The Kier molecular flexibility index (Phi) is 4.37. The van der Waals surface area contributed by atoms with Gasteiger partial charge in [0.15, 0.2) is 0 Å². The van der Waals surface area contributed by atoms with Gasteiger partial charge in [-0.2, -0.15) is 0 Å². The van der Waals surface area contributed by atoms with Crippen molar-refractivity contribution in [3.63, 3.8) is 0 Å². The van der Waals surface area contributed by atoms with E-state index in [9.17, 15) is 14.9 Å². The van der Waals surface area contributed by atoms with Crippen LogP contribution in [0.2, 0.25) is 0 Å². The van der Waals surface area contributed by atoms with E-state index in [1.54, 1.807) is 12.1 Å². The van der Waals surface area contributed by atoms with Crippen molar-refractivity contribution in [3.05, 3.63) is 39.9 Å². The number of nitro benzene ring substituents is 1. The SMILES string of the molecule is CCC[C@@H]1[C@H](CCC)N1C(=O)c1ccc([N+](=O)[O-])cc1. The molecule has 0 spiro atoms. The fourth-order valence-corrected chi connectivity index (χ4v) is 2.77. The molecular weight excluding hydrogens is 256 g/mol. The summed E-state index contributed by atoms with van der Waals surface area (Å²) in [5.74, 6) is -0.00296. The highest BCUT2D eigenvalue weighted by Crippen LogP contribution is 2.37. The summed E-state index contributed by atoms with van der Waals surface area (Å²) in [6, 6.07) is 6.57. The molecule has 1 amide bonds. The zero-order chi connectivity index (χ0) is 14.7. The Balaban J connectivity index is 2.09. The number of hydrogen-bond acceptors (Lipinski definition) is 3. The Morgan fingerprint density at radius 3 is 2.05 bits per heavy atom. The number of carbonyl (C=O) groups excluding carboxylic acids is 1. The first-order chi connectivity index (χ1) is 9.60. The lowest BCUT2D eigenvalue weighted by molar-refractivity contribution is -0.384. The van der Waals surface area contributed by atoms with Gasteiger partial charge in [-0.3, -0.25) is 14.9 Å². The van der Waals surface area contributed by atoms with Crippen molar-refractivity contribution in [2.24, 2.45) is 0 Å². The van der Waals surface area contributed by atoms with Crippen molar-refractivity contribution >= 4 is 11.6 Å². The van der Waals surface area contributed by atoms with Crippen LogP contribution in [0.5, 0.6) is 0 Å². The van der Waals surface area contributed by atoms with Crippen LogP contribution in [-0.2, 0) is 0 Å². The number of nitro groups is 1. The van der Waals surface area contributed by atoms with Crippen LogP contribution < -0.4 is 0 Å². The van der Waals surface area contributed by atoms with Gasteiger partial charge in [0.25, 0.3) is 11.6 Å².